The second-order valence-corrected chi connectivity index (χ2v) is 4.01. The number of hydrogen-bond acceptors (Lipinski definition) is 6. The van der Waals surface area contributed by atoms with Gasteiger partial charge in [-0.15, -0.1) is 0 Å². The molecular weight excluding hydrogens is 246 g/mol. The highest BCUT2D eigenvalue weighted by Gasteiger charge is 2.11. The number of rotatable bonds is 6. The summed E-state index contributed by atoms with van der Waals surface area (Å²) in [5, 5.41) is 3.80. The van der Waals surface area contributed by atoms with Crippen LogP contribution in [0.3, 0.4) is 0 Å². The normalized spacial score (nSPS) is 12.2. The van der Waals surface area contributed by atoms with E-state index >= 15 is 0 Å². The van der Waals surface area contributed by atoms with E-state index in [0.717, 1.165) is 0 Å². The van der Waals surface area contributed by atoms with E-state index in [-0.39, 0.29) is 12.6 Å². The molecule has 6 nitrogen and oxygen atoms in total. The predicted octanol–water partition coefficient (Wildman–Crippen LogP) is 2.07. The summed E-state index contributed by atoms with van der Waals surface area (Å²) in [6.45, 7) is 4.49. The molecule has 1 unspecified atom stereocenters. The minimum absolute atomic E-state index is 0.209. The van der Waals surface area contributed by atoms with Gasteiger partial charge in [-0.3, -0.25) is 0 Å². The van der Waals surface area contributed by atoms with Gasteiger partial charge in [0.05, 0.1) is 12.6 Å². The molecule has 0 aliphatic rings. The zero-order chi connectivity index (χ0) is 13.7. The first kappa shape index (κ1) is 13.4. The first-order valence-corrected chi connectivity index (χ1v) is 6.13. The van der Waals surface area contributed by atoms with Crippen LogP contribution in [0.4, 0.5) is 0 Å². The molecule has 0 fully saturated rings. The molecule has 102 valence electrons. The van der Waals surface area contributed by atoms with E-state index in [4.69, 9.17) is 19.7 Å². The lowest BCUT2D eigenvalue weighted by atomic mass is 10.3. The highest BCUT2D eigenvalue weighted by atomic mass is 16.5. The van der Waals surface area contributed by atoms with Crippen LogP contribution in [-0.2, 0) is 6.61 Å². The van der Waals surface area contributed by atoms with Crippen molar-refractivity contribution in [1.29, 1.82) is 0 Å². The number of ether oxygens (including phenoxy) is 2. The van der Waals surface area contributed by atoms with Gasteiger partial charge in [0.1, 0.15) is 0 Å². The van der Waals surface area contributed by atoms with Gasteiger partial charge >= 0.3 is 0 Å². The van der Waals surface area contributed by atoms with Crippen molar-refractivity contribution in [3.63, 3.8) is 0 Å². The van der Waals surface area contributed by atoms with E-state index in [1.807, 2.05) is 31.2 Å². The lowest BCUT2D eigenvalue weighted by Gasteiger charge is -2.09. The largest absolute Gasteiger partial charge is 0.490 e. The number of para-hydroxylation sites is 2. The van der Waals surface area contributed by atoms with Gasteiger partial charge in [0.15, 0.2) is 18.1 Å². The highest BCUT2D eigenvalue weighted by molar-refractivity contribution is 5.39. The lowest BCUT2D eigenvalue weighted by molar-refractivity contribution is 0.257. The van der Waals surface area contributed by atoms with Crippen LogP contribution in [0.2, 0.25) is 0 Å². The SMILES string of the molecule is CCOc1ccccc1OCc1noc(C(C)N)n1. The smallest absolute Gasteiger partial charge is 0.243 e. The molecule has 2 rings (SSSR count). The van der Waals surface area contributed by atoms with Gasteiger partial charge in [-0.1, -0.05) is 17.3 Å². The molecule has 0 bridgehead atoms. The number of nitrogens with zero attached hydrogens (tertiary/aromatic N) is 2. The number of hydrogen-bond donors (Lipinski definition) is 1. The van der Waals surface area contributed by atoms with Crippen LogP contribution >= 0.6 is 0 Å². The average molecular weight is 263 g/mol. The maximum Gasteiger partial charge on any atom is 0.243 e. The maximum absolute atomic E-state index is 5.64. The molecule has 19 heavy (non-hydrogen) atoms. The molecule has 6 heteroatoms. The summed E-state index contributed by atoms with van der Waals surface area (Å²) in [4.78, 5) is 4.13. The third-order valence-corrected chi connectivity index (χ3v) is 2.38. The molecule has 0 amide bonds. The quantitative estimate of drug-likeness (QED) is 0.858. The summed E-state index contributed by atoms with van der Waals surface area (Å²) in [6, 6.07) is 7.17. The molecule has 0 aliphatic heterocycles. The second-order valence-electron chi connectivity index (χ2n) is 4.01. The first-order valence-electron chi connectivity index (χ1n) is 6.13. The Morgan fingerprint density at radius 2 is 1.95 bits per heavy atom. The van der Waals surface area contributed by atoms with Crippen molar-refractivity contribution in [2.75, 3.05) is 6.61 Å². The van der Waals surface area contributed by atoms with Crippen molar-refractivity contribution in [3.05, 3.63) is 36.0 Å². The van der Waals surface area contributed by atoms with Crippen molar-refractivity contribution in [3.8, 4) is 11.5 Å². The van der Waals surface area contributed by atoms with E-state index in [1.165, 1.54) is 0 Å². The topological polar surface area (TPSA) is 83.4 Å². The van der Waals surface area contributed by atoms with E-state index < -0.39 is 0 Å². The molecule has 0 saturated heterocycles. The standard InChI is InChI=1S/C13H17N3O3/c1-3-17-10-6-4-5-7-11(10)18-8-12-15-13(9(2)14)19-16-12/h4-7,9H,3,8,14H2,1-2H3. The van der Waals surface area contributed by atoms with E-state index in [0.29, 0.717) is 29.8 Å². The van der Waals surface area contributed by atoms with Crippen molar-refractivity contribution < 1.29 is 14.0 Å². The zero-order valence-electron chi connectivity index (χ0n) is 11.0. The Kier molecular flexibility index (Phi) is 4.35. The summed E-state index contributed by atoms with van der Waals surface area (Å²) in [7, 11) is 0. The summed E-state index contributed by atoms with van der Waals surface area (Å²) in [5.74, 6) is 2.20. The Labute approximate surface area is 111 Å². The van der Waals surface area contributed by atoms with Gasteiger partial charge in [-0.2, -0.15) is 4.98 Å². The van der Waals surface area contributed by atoms with Gasteiger partial charge in [-0.05, 0) is 26.0 Å². The van der Waals surface area contributed by atoms with Gasteiger partial charge < -0.3 is 19.7 Å². The van der Waals surface area contributed by atoms with E-state index in [1.54, 1.807) is 6.92 Å². The molecule has 0 spiro atoms. The third-order valence-electron chi connectivity index (χ3n) is 2.38. The molecule has 1 aromatic carbocycles. The Balaban J connectivity index is 2.01. The van der Waals surface area contributed by atoms with Crippen LogP contribution in [0.1, 0.15) is 31.6 Å². The fourth-order valence-corrected chi connectivity index (χ4v) is 1.50. The molecule has 2 aromatic rings. The lowest BCUT2D eigenvalue weighted by Crippen LogP contribution is -2.06. The maximum atomic E-state index is 5.64. The second kappa shape index (κ2) is 6.19. The van der Waals surface area contributed by atoms with Crippen LogP contribution in [-0.4, -0.2) is 16.7 Å². The Morgan fingerprint density at radius 1 is 1.26 bits per heavy atom. The fourth-order valence-electron chi connectivity index (χ4n) is 1.50. The molecular formula is C13H17N3O3. The molecule has 1 aromatic heterocycles. The number of benzene rings is 1. The average Bonchev–Trinajstić information content (AvgIpc) is 2.87. The van der Waals surface area contributed by atoms with Crippen LogP contribution in [0, 0.1) is 0 Å². The number of aromatic nitrogens is 2. The molecule has 1 atom stereocenters. The fraction of sp³-hybridized carbons (Fsp3) is 0.385. The summed E-state index contributed by atoms with van der Waals surface area (Å²) in [6.07, 6.45) is 0. The van der Waals surface area contributed by atoms with Crippen molar-refractivity contribution in [2.24, 2.45) is 5.73 Å². The molecule has 0 radical (unpaired) electrons. The Morgan fingerprint density at radius 3 is 2.53 bits per heavy atom. The Bertz CT molecular complexity index is 525. The summed E-state index contributed by atoms with van der Waals surface area (Å²) >= 11 is 0. The summed E-state index contributed by atoms with van der Waals surface area (Å²) in [5.41, 5.74) is 5.64. The van der Waals surface area contributed by atoms with Gasteiger partial charge in [0.25, 0.3) is 0 Å². The molecule has 0 aliphatic carbocycles. The van der Waals surface area contributed by atoms with Gasteiger partial charge in [-0.25, -0.2) is 0 Å². The summed E-state index contributed by atoms with van der Waals surface area (Å²) < 4.78 is 16.1. The molecule has 0 saturated carbocycles. The van der Waals surface area contributed by atoms with E-state index in [9.17, 15) is 0 Å². The predicted molar refractivity (Wildman–Crippen MR) is 68.8 cm³/mol. The first-order chi connectivity index (χ1) is 9.20. The van der Waals surface area contributed by atoms with Crippen LogP contribution < -0.4 is 15.2 Å². The van der Waals surface area contributed by atoms with Gasteiger partial charge in [0, 0.05) is 0 Å². The van der Waals surface area contributed by atoms with E-state index in [2.05, 4.69) is 10.1 Å². The van der Waals surface area contributed by atoms with Crippen molar-refractivity contribution >= 4 is 0 Å². The van der Waals surface area contributed by atoms with Crippen LogP contribution in [0.25, 0.3) is 0 Å². The highest BCUT2D eigenvalue weighted by Crippen LogP contribution is 2.26. The molecule has 1 heterocycles. The van der Waals surface area contributed by atoms with Crippen LogP contribution in [0.15, 0.2) is 28.8 Å². The van der Waals surface area contributed by atoms with Gasteiger partial charge in [0.2, 0.25) is 11.7 Å². The molecule has 2 N–H and O–H groups in total. The van der Waals surface area contributed by atoms with Crippen molar-refractivity contribution in [1.82, 2.24) is 10.1 Å². The minimum atomic E-state index is -0.281. The number of nitrogens with two attached hydrogens (primary N) is 1. The Hall–Kier alpha value is -2.08. The monoisotopic (exact) mass is 263 g/mol. The van der Waals surface area contributed by atoms with Crippen LogP contribution in [0.5, 0.6) is 11.5 Å². The zero-order valence-corrected chi connectivity index (χ0v) is 11.0. The van der Waals surface area contributed by atoms with Crippen molar-refractivity contribution in [2.45, 2.75) is 26.5 Å². The minimum Gasteiger partial charge on any atom is -0.490 e. The third kappa shape index (κ3) is 3.45.